The van der Waals surface area contributed by atoms with E-state index in [0.29, 0.717) is 12.2 Å². The molecule has 4 rings (SSSR count). The lowest BCUT2D eigenvalue weighted by Gasteiger charge is -2.25. The lowest BCUT2D eigenvalue weighted by atomic mass is 9.80. The van der Waals surface area contributed by atoms with Crippen LogP contribution in [0.25, 0.3) is 16.6 Å². The molecule has 0 bridgehead atoms. The molecule has 1 unspecified atom stereocenters. The van der Waals surface area contributed by atoms with E-state index < -0.39 is 0 Å². The van der Waals surface area contributed by atoms with Crippen molar-refractivity contribution in [3.63, 3.8) is 0 Å². The van der Waals surface area contributed by atoms with Crippen molar-refractivity contribution in [2.75, 3.05) is 33.4 Å². The second kappa shape index (κ2) is 7.12. The number of aliphatic imine (C=N–C) groups is 1. The molecule has 0 saturated carbocycles. The molecule has 2 aliphatic rings. The van der Waals surface area contributed by atoms with Gasteiger partial charge in [-0.1, -0.05) is 18.2 Å². The number of ether oxygens (including phenoxy) is 1. The topological polar surface area (TPSA) is 80.8 Å². The number of fused-ring (bicyclic) bond motifs is 1. The van der Waals surface area contributed by atoms with Gasteiger partial charge in [-0.3, -0.25) is 14.8 Å². The van der Waals surface area contributed by atoms with E-state index in [4.69, 9.17) is 15.5 Å². The van der Waals surface area contributed by atoms with Crippen LogP contribution in [-0.2, 0) is 9.53 Å². The highest BCUT2D eigenvalue weighted by atomic mass is 16.5. The molecule has 1 amide bonds. The average molecular weight is 364 g/mol. The van der Waals surface area contributed by atoms with Crippen LogP contribution in [0.2, 0.25) is 0 Å². The van der Waals surface area contributed by atoms with Crippen molar-refractivity contribution < 1.29 is 9.53 Å². The summed E-state index contributed by atoms with van der Waals surface area (Å²) in [5, 5.41) is 1.06. The summed E-state index contributed by atoms with van der Waals surface area (Å²) in [5.41, 5.74) is 9.82. The lowest BCUT2D eigenvalue weighted by Crippen LogP contribution is -2.36. The van der Waals surface area contributed by atoms with Crippen LogP contribution in [-0.4, -0.2) is 54.9 Å². The number of para-hydroxylation sites is 1. The van der Waals surface area contributed by atoms with Gasteiger partial charge in [0.1, 0.15) is 6.61 Å². The number of hydrogen-bond acceptors (Lipinski definition) is 5. The van der Waals surface area contributed by atoms with Crippen LogP contribution < -0.4 is 5.73 Å². The first-order valence-corrected chi connectivity index (χ1v) is 9.25. The van der Waals surface area contributed by atoms with E-state index in [1.54, 1.807) is 13.3 Å². The first-order valence-electron chi connectivity index (χ1n) is 9.25. The molecule has 1 fully saturated rings. The predicted molar refractivity (Wildman–Crippen MR) is 106 cm³/mol. The summed E-state index contributed by atoms with van der Waals surface area (Å²) in [4.78, 5) is 23.3. The second-order valence-electron chi connectivity index (χ2n) is 7.31. The summed E-state index contributed by atoms with van der Waals surface area (Å²) in [6, 6.07) is 10.0. The van der Waals surface area contributed by atoms with E-state index in [0.717, 1.165) is 48.1 Å². The van der Waals surface area contributed by atoms with E-state index in [9.17, 15) is 4.79 Å². The monoisotopic (exact) mass is 364 g/mol. The molecule has 1 saturated heterocycles. The highest BCUT2D eigenvalue weighted by molar-refractivity contribution is 6.06. The van der Waals surface area contributed by atoms with Gasteiger partial charge in [0.15, 0.2) is 0 Å². The summed E-state index contributed by atoms with van der Waals surface area (Å²) in [6.07, 6.45) is 5.66. The third-order valence-corrected chi connectivity index (χ3v) is 5.61. The maximum absolute atomic E-state index is 12.2. The van der Waals surface area contributed by atoms with E-state index >= 15 is 0 Å². The van der Waals surface area contributed by atoms with Crippen molar-refractivity contribution in [1.82, 2.24) is 9.88 Å². The van der Waals surface area contributed by atoms with Gasteiger partial charge in [-0.15, -0.1) is 0 Å². The Morgan fingerprint density at radius 2 is 2.22 bits per heavy atom. The van der Waals surface area contributed by atoms with Gasteiger partial charge in [-0.05, 0) is 31.1 Å². The quantitative estimate of drug-likeness (QED) is 0.902. The van der Waals surface area contributed by atoms with Gasteiger partial charge in [-0.25, -0.2) is 0 Å². The molecule has 2 N–H and O–H groups in total. The maximum Gasteiger partial charge on any atom is 0.248 e. The standard InChI is InChI=1S/C21H24N4O2/c1-27-13-20(26)25-9-7-21(14-25)6-8-23-19(21)11-17(22)16-10-15-4-2-3-5-18(15)24-12-16/h2-5,10-12H,6-9,13-14,22H2,1H3/b17-11-. The lowest BCUT2D eigenvalue weighted by molar-refractivity contribution is -0.134. The minimum atomic E-state index is -0.0850. The molecule has 2 aliphatic heterocycles. The summed E-state index contributed by atoms with van der Waals surface area (Å²) >= 11 is 0. The fourth-order valence-electron chi connectivity index (χ4n) is 4.06. The predicted octanol–water partition coefficient (Wildman–Crippen LogP) is 2.24. The molecular formula is C21H24N4O2. The zero-order chi connectivity index (χ0) is 18.9. The zero-order valence-corrected chi connectivity index (χ0v) is 15.5. The molecule has 27 heavy (non-hydrogen) atoms. The molecule has 6 heteroatoms. The van der Waals surface area contributed by atoms with Gasteiger partial charge >= 0.3 is 0 Å². The minimum absolute atomic E-state index is 0.0382. The van der Waals surface area contributed by atoms with Crippen molar-refractivity contribution in [2.24, 2.45) is 16.1 Å². The smallest absolute Gasteiger partial charge is 0.248 e. The van der Waals surface area contributed by atoms with Gasteiger partial charge in [0, 0.05) is 60.7 Å². The number of benzene rings is 1. The van der Waals surface area contributed by atoms with E-state index in [-0.39, 0.29) is 17.9 Å². The number of aromatic nitrogens is 1. The largest absolute Gasteiger partial charge is 0.398 e. The number of methoxy groups -OCH3 is 1. The van der Waals surface area contributed by atoms with Crippen LogP contribution >= 0.6 is 0 Å². The number of carbonyl (C=O) groups is 1. The van der Waals surface area contributed by atoms with Gasteiger partial charge < -0.3 is 15.4 Å². The highest BCUT2D eigenvalue weighted by Gasteiger charge is 2.45. The Bertz CT molecular complexity index is 937. The summed E-state index contributed by atoms with van der Waals surface area (Å²) in [7, 11) is 1.55. The fourth-order valence-corrected chi connectivity index (χ4v) is 4.06. The van der Waals surface area contributed by atoms with Crippen LogP contribution in [0.1, 0.15) is 18.4 Å². The molecule has 1 atom stereocenters. The van der Waals surface area contributed by atoms with Gasteiger partial charge in [0.25, 0.3) is 0 Å². The summed E-state index contributed by atoms with van der Waals surface area (Å²) in [5.74, 6) is 0.0382. The number of hydrogen-bond donors (Lipinski definition) is 1. The molecule has 1 spiro atoms. The number of likely N-dealkylation sites (tertiary alicyclic amines) is 1. The summed E-state index contributed by atoms with van der Waals surface area (Å²) < 4.78 is 4.99. The maximum atomic E-state index is 12.2. The van der Waals surface area contributed by atoms with Gasteiger partial charge in [-0.2, -0.15) is 0 Å². The van der Waals surface area contributed by atoms with E-state index in [1.807, 2.05) is 35.2 Å². The molecular weight excluding hydrogens is 340 g/mol. The Balaban J connectivity index is 1.57. The van der Waals surface area contributed by atoms with Crippen molar-refractivity contribution >= 4 is 28.2 Å². The fraction of sp³-hybridized carbons (Fsp3) is 0.381. The van der Waals surface area contributed by atoms with Crippen molar-refractivity contribution in [2.45, 2.75) is 12.8 Å². The second-order valence-corrected chi connectivity index (χ2v) is 7.31. The Labute approximate surface area is 158 Å². The van der Waals surface area contributed by atoms with Crippen LogP contribution in [0.5, 0.6) is 0 Å². The van der Waals surface area contributed by atoms with Crippen LogP contribution in [0.15, 0.2) is 47.6 Å². The Morgan fingerprint density at radius 3 is 3.07 bits per heavy atom. The molecule has 2 aromatic rings. The normalized spacial score (nSPS) is 22.6. The van der Waals surface area contributed by atoms with Crippen LogP contribution in [0.3, 0.4) is 0 Å². The molecule has 1 aromatic carbocycles. The van der Waals surface area contributed by atoms with Crippen molar-refractivity contribution in [3.8, 4) is 0 Å². The summed E-state index contributed by atoms with van der Waals surface area (Å²) in [6.45, 7) is 2.34. The third-order valence-electron chi connectivity index (χ3n) is 5.61. The number of pyridine rings is 1. The Hall–Kier alpha value is -2.73. The van der Waals surface area contributed by atoms with Crippen molar-refractivity contribution in [3.05, 3.63) is 48.2 Å². The average Bonchev–Trinajstić information content (AvgIpc) is 3.29. The van der Waals surface area contributed by atoms with E-state index in [2.05, 4.69) is 11.1 Å². The first kappa shape index (κ1) is 17.7. The first-order chi connectivity index (χ1) is 13.1. The van der Waals surface area contributed by atoms with Crippen LogP contribution in [0, 0.1) is 5.41 Å². The molecule has 0 aliphatic carbocycles. The van der Waals surface area contributed by atoms with Crippen LogP contribution in [0.4, 0.5) is 0 Å². The zero-order valence-electron chi connectivity index (χ0n) is 15.5. The molecule has 6 nitrogen and oxygen atoms in total. The van der Waals surface area contributed by atoms with E-state index in [1.165, 1.54) is 0 Å². The number of nitrogens with two attached hydrogens (primary N) is 1. The van der Waals surface area contributed by atoms with Crippen molar-refractivity contribution in [1.29, 1.82) is 0 Å². The Morgan fingerprint density at radius 1 is 1.37 bits per heavy atom. The number of rotatable bonds is 4. The number of carbonyl (C=O) groups excluding carboxylic acids is 1. The molecule has 1 aromatic heterocycles. The van der Waals surface area contributed by atoms with Gasteiger partial charge in [0.05, 0.1) is 5.52 Å². The van der Waals surface area contributed by atoms with Gasteiger partial charge in [0.2, 0.25) is 5.91 Å². The molecule has 140 valence electrons. The number of amides is 1. The molecule has 3 heterocycles. The minimum Gasteiger partial charge on any atom is -0.398 e. The number of allylic oxidation sites excluding steroid dienone is 1. The SMILES string of the molecule is COCC(=O)N1CCC2(CCN=C2/C=C(\N)c2cnc3ccccc3c2)C1. The third kappa shape index (κ3) is 3.32. The number of nitrogens with zero attached hydrogens (tertiary/aromatic N) is 3. The highest BCUT2D eigenvalue weighted by Crippen LogP contribution is 2.40. The molecule has 0 radical (unpaired) electrons. The Kier molecular flexibility index (Phi) is 4.66.